The van der Waals surface area contributed by atoms with Gasteiger partial charge in [-0.2, -0.15) is 5.10 Å². The Labute approximate surface area is 264 Å². The third kappa shape index (κ3) is 8.47. The van der Waals surface area contributed by atoms with Crippen LogP contribution in [0.3, 0.4) is 0 Å². The van der Waals surface area contributed by atoms with Crippen molar-refractivity contribution in [3.05, 3.63) is 53.1 Å². The molecule has 11 nitrogen and oxygen atoms in total. The van der Waals surface area contributed by atoms with E-state index in [1.54, 1.807) is 40.9 Å². The number of carbonyl (C=O) groups excluding carboxylic acids is 4. The van der Waals surface area contributed by atoms with Gasteiger partial charge in [0.2, 0.25) is 5.91 Å². The van der Waals surface area contributed by atoms with E-state index in [0.717, 1.165) is 25.7 Å². The van der Waals surface area contributed by atoms with Gasteiger partial charge in [-0.25, -0.2) is 9.18 Å². The number of aromatic nitrogens is 2. The average molecular weight is 627 g/mol. The molecule has 3 atom stereocenters. The molecule has 3 amide bonds. The average Bonchev–Trinajstić information content (AvgIpc) is 3.53. The first-order valence-electron chi connectivity index (χ1n) is 16.0. The normalized spacial score (nSPS) is 21.0. The largest absolute Gasteiger partial charge is 0.453 e. The number of rotatable bonds is 11. The molecule has 12 heteroatoms. The second-order valence-corrected chi connectivity index (χ2v) is 12.5. The summed E-state index contributed by atoms with van der Waals surface area (Å²) in [6.07, 6.45) is 4.16. The number of hydrogen-bond donors (Lipinski definition) is 2. The van der Waals surface area contributed by atoms with Gasteiger partial charge in [0.05, 0.1) is 13.2 Å². The molecule has 1 aliphatic heterocycles. The monoisotopic (exact) mass is 626 g/mol. The number of Topliss-reactive ketones (excluding diaryl/α,β-unsaturated/α-hetero) is 1. The maximum atomic E-state index is 15.6. The minimum Gasteiger partial charge on any atom is -0.453 e. The number of carbonyl (C=O) groups is 4. The Morgan fingerprint density at radius 1 is 1.04 bits per heavy atom. The van der Waals surface area contributed by atoms with Crippen LogP contribution in [0.2, 0.25) is 0 Å². The lowest BCUT2D eigenvalue weighted by Crippen LogP contribution is -2.55. The summed E-state index contributed by atoms with van der Waals surface area (Å²) in [6, 6.07) is 4.49. The zero-order valence-electron chi connectivity index (χ0n) is 27.1. The Balaban J connectivity index is 1.52. The van der Waals surface area contributed by atoms with Crippen molar-refractivity contribution in [1.82, 2.24) is 30.2 Å². The fourth-order valence-electron chi connectivity index (χ4n) is 6.36. The molecule has 246 valence electrons. The van der Waals surface area contributed by atoms with Crippen LogP contribution in [0.1, 0.15) is 74.0 Å². The quantitative estimate of drug-likeness (QED) is 0.392. The van der Waals surface area contributed by atoms with Crippen LogP contribution in [0, 0.1) is 17.7 Å². The molecule has 1 aromatic carbocycles. The summed E-state index contributed by atoms with van der Waals surface area (Å²) in [5.41, 5.74) is 1.10. The van der Waals surface area contributed by atoms with Crippen molar-refractivity contribution >= 4 is 23.7 Å². The zero-order valence-corrected chi connectivity index (χ0v) is 27.1. The highest BCUT2D eigenvalue weighted by Gasteiger charge is 2.35. The molecule has 0 spiro atoms. The predicted octanol–water partition coefficient (Wildman–Crippen LogP) is 3.38. The molecule has 4 rings (SSSR count). The van der Waals surface area contributed by atoms with Crippen LogP contribution in [-0.4, -0.2) is 95.7 Å². The van der Waals surface area contributed by atoms with E-state index in [1.807, 2.05) is 14.0 Å². The smallest absolute Gasteiger partial charge is 0.407 e. The summed E-state index contributed by atoms with van der Waals surface area (Å²) in [7, 11) is 3.21. The molecule has 0 bridgehead atoms. The third-order valence-electron chi connectivity index (χ3n) is 9.42. The maximum Gasteiger partial charge on any atom is 0.407 e. The summed E-state index contributed by atoms with van der Waals surface area (Å²) in [5.74, 6) is -1.51. The summed E-state index contributed by atoms with van der Waals surface area (Å²) in [5, 5.41) is 9.78. The van der Waals surface area contributed by atoms with Gasteiger partial charge in [-0.15, -0.1) is 0 Å². The number of alkyl carbamates (subject to hydrolysis) is 1. The van der Waals surface area contributed by atoms with Crippen molar-refractivity contribution in [2.75, 3.05) is 40.3 Å². The number of benzene rings is 1. The van der Waals surface area contributed by atoms with E-state index in [4.69, 9.17) is 4.74 Å². The lowest BCUT2D eigenvalue weighted by Gasteiger charge is -2.36. The molecule has 0 radical (unpaired) electrons. The van der Waals surface area contributed by atoms with Gasteiger partial charge >= 0.3 is 6.09 Å². The van der Waals surface area contributed by atoms with Gasteiger partial charge in [-0.3, -0.25) is 19.1 Å². The number of piperazine rings is 1. The molecule has 2 aromatic rings. The Kier molecular flexibility index (Phi) is 11.7. The molecule has 1 aliphatic carbocycles. The lowest BCUT2D eigenvalue weighted by atomic mass is 9.77. The number of nitrogens with zero attached hydrogens (tertiary/aromatic N) is 4. The molecule has 0 unspecified atom stereocenters. The van der Waals surface area contributed by atoms with Gasteiger partial charge in [-0.1, -0.05) is 38.8 Å². The van der Waals surface area contributed by atoms with Crippen LogP contribution in [0.4, 0.5) is 9.18 Å². The van der Waals surface area contributed by atoms with E-state index in [1.165, 1.54) is 13.2 Å². The Morgan fingerprint density at radius 2 is 1.73 bits per heavy atom. The summed E-state index contributed by atoms with van der Waals surface area (Å²) >= 11 is 0. The number of nitrogens with one attached hydrogen (secondary N) is 2. The van der Waals surface area contributed by atoms with Gasteiger partial charge in [-0.05, 0) is 61.9 Å². The minimum atomic E-state index is -0.961. The highest BCUT2D eigenvalue weighted by molar-refractivity contribution is 5.97. The van der Waals surface area contributed by atoms with E-state index in [0.29, 0.717) is 49.9 Å². The van der Waals surface area contributed by atoms with Crippen molar-refractivity contribution in [2.24, 2.45) is 11.8 Å². The zero-order chi connectivity index (χ0) is 32.7. The molecule has 2 aliphatic rings. The number of ether oxygens (including phenoxy) is 1. The summed E-state index contributed by atoms with van der Waals surface area (Å²) in [6.45, 7) is 8.82. The molecule has 2 fully saturated rings. The topological polar surface area (TPSA) is 126 Å². The molecule has 1 aromatic heterocycles. The van der Waals surface area contributed by atoms with Gasteiger partial charge < -0.3 is 25.2 Å². The van der Waals surface area contributed by atoms with Crippen LogP contribution >= 0.6 is 0 Å². The van der Waals surface area contributed by atoms with Crippen molar-refractivity contribution < 1.29 is 28.3 Å². The molecule has 45 heavy (non-hydrogen) atoms. The van der Waals surface area contributed by atoms with E-state index >= 15 is 4.39 Å². The van der Waals surface area contributed by atoms with Crippen LogP contribution in [0.5, 0.6) is 0 Å². The number of hydrogen-bond acceptors (Lipinski definition) is 7. The number of ketones is 1. The number of methoxy groups -OCH3 is 1. The molecule has 2 N–H and O–H groups in total. The van der Waals surface area contributed by atoms with E-state index < -0.39 is 29.9 Å². The summed E-state index contributed by atoms with van der Waals surface area (Å²) < 4.78 is 22.0. The highest BCUT2D eigenvalue weighted by Crippen LogP contribution is 2.32. The van der Waals surface area contributed by atoms with Crippen molar-refractivity contribution in [1.29, 1.82) is 0 Å². The van der Waals surface area contributed by atoms with Crippen molar-refractivity contribution in [2.45, 2.75) is 77.4 Å². The lowest BCUT2D eigenvalue weighted by molar-refractivity contribution is -0.135. The molecule has 2 heterocycles. The first-order chi connectivity index (χ1) is 21.5. The number of aryl methyl sites for hydroxylation is 1. The SMILES string of the molecule is CCn1nccc1C(=O)N[C@H](C(=O)Cc1ccc([C@H](C)[C@@H](NC(=O)OC)C(=O)N2CCN(C)CC2)cc1F)C1CCC(C)CC1. The van der Waals surface area contributed by atoms with E-state index in [2.05, 4.69) is 27.6 Å². The third-order valence-corrected chi connectivity index (χ3v) is 9.42. The Morgan fingerprint density at radius 3 is 2.36 bits per heavy atom. The predicted molar refractivity (Wildman–Crippen MR) is 167 cm³/mol. The fourth-order valence-corrected chi connectivity index (χ4v) is 6.36. The van der Waals surface area contributed by atoms with E-state index in [9.17, 15) is 19.2 Å². The molecular weight excluding hydrogens is 579 g/mol. The van der Waals surface area contributed by atoms with Crippen molar-refractivity contribution in [3.63, 3.8) is 0 Å². The minimum absolute atomic E-state index is 0.0382. The standard InChI is InChI=1S/C33H47FN6O5/c1-6-40-27(13-14-35-40)31(42)36-30(23-9-7-21(2)8-10-23)28(41)20-25-12-11-24(19-26(25)34)22(3)29(37-33(44)45-5)32(43)39-17-15-38(4)16-18-39/h11-14,19,21-23,29-30H,6-10,15-18,20H2,1-5H3,(H,36,42)(H,37,44)/t21?,22-,23?,29+,30-/m0/s1. The fraction of sp³-hybridized carbons (Fsp3) is 0.606. The number of amides is 3. The van der Waals surface area contributed by atoms with Gasteiger partial charge in [0.25, 0.3) is 5.91 Å². The van der Waals surface area contributed by atoms with Crippen LogP contribution in [0.15, 0.2) is 30.5 Å². The van der Waals surface area contributed by atoms with Crippen LogP contribution < -0.4 is 10.6 Å². The van der Waals surface area contributed by atoms with Crippen LogP contribution in [-0.2, 0) is 27.3 Å². The van der Waals surface area contributed by atoms with Gasteiger partial charge in [0, 0.05) is 51.3 Å². The number of likely N-dealkylation sites (N-methyl/N-ethyl adjacent to an activating group) is 1. The van der Waals surface area contributed by atoms with Gasteiger partial charge in [0.15, 0.2) is 5.78 Å². The van der Waals surface area contributed by atoms with Crippen LogP contribution in [0.25, 0.3) is 0 Å². The second-order valence-electron chi connectivity index (χ2n) is 12.5. The maximum absolute atomic E-state index is 15.6. The Bertz CT molecular complexity index is 1350. The highest BCUT2D eigenvalue weighted by atomic mass is 19.1. The molecule has 1 saturated carbocycles. The number of halogens is 1. The summed E-state index contributed by atoms with van der Waals surface area (Å²) in [4.78, 5) is 56.5. The first kappa shape index (κ1) is 34.1. The second kappa shape index (κ2) is 15.5. The first-order valence-corrected chi connectivity index (χ1v) is 16.0. The van der Waals surface area contributed by atoms with E-state index in [-0.39, 0.29) is 35.5 Å². The van der Waals surface area contributed by atoms with Crippen molar-refractivity contribution in [3.8, 4) is 0 Å². The molecule has 1 saturated heterocycles. The molecular formula is C33H47FN6O5. The van der Waals surface area contributed by atoms with Gasteiger partial charge in [0.1, 0.15) is 17.6 Å². The Hall–Kier alpha value is -3.80.